The van der Waals surface area contributed by atoms with Gasteiger partial charge in [0.2, 0.25) is 10.0 Å². The molecule has 0 saturated carbocycles. The van der Waals surface area contributed by atoms with Crippen molar-refractivity contribution in [3.8, 4) is 17.1 Å². The van der Waals surface area contributed by atoms with Crippen molar-refractivity contribution < 1.29 is 8.42 Å². The number of sulfonamides is 1. The fourth-order valence-electron chi connectivity index (χ4n) is 4.52. The van der Waals surface area contributed by atoms with Gasteiger partial charge >= 0.3 is 0 Å². The maximum Gasteiger partial charge on any atom is 0.246 e. The molecule has 0 atom stereocenters. The quantitative estimate of drug-likeness (QED) is 0.534. The van der Waals surface area contributed by atoms with Crippen LogP contribution in [0.1, 0.15) is 36.4 Å². The van der Waals surface area contributed by atoms with Crippen molar-refractivity contribution in [1.29, 1.82) is 0 Å². The van der Waals surface area contributed by atoms with Crippen LogP contribution in [0.4, 0.5) is 0 Å². The van der Waals surface area contributed by atoms with E-state index in [4.69, 9.17) is 0 Å². The van der Waals surface area contributed by atoms with Crippen LogP contribution in [0, 0.1) is 33.6 Å². The van der Waals surface area contributed by atoms with E-state index >= 15 is 0 Å². The first-order chi connectivity index (χ1) is 16.1. The first kappa shape index (κ1) is 24.5. The maximum absolute atomic E-state index is 13.5. The molecule has 182 valence electrons. The van der Waals surface area contributed by atoms with Crippen LogP contribution in [0.15, 0.2) is 35.2 Å². The Balaban J connectivity index is 1.58. The third-order valence-corrected chi connectivity index (χ3v) is 8.60. The molecule has 3 aromatic rings. The average molecular weight is 483 g/mol. The zero-order valence-electron chi connectivity index (χ0n) is 20.9. The van der Waals surface area contributed by atoms with Gasteiger partial charge in [-0.15, -0.1) is 10.2 Å². The molecule has 2 aromatic heterocycles. The van der Waals surface area contributed by atoms with E-state index in [0.29, 0.717) is 36.2 Å². The molecule has 0 amide bonds. The van der Waals surface area contributed by atoms with E-state index < -0.39 is 10.0 Å². The van der Waals surface area contributed by atoms with Crippen LogP contribution in [0.5, 0.6) is 0 Å². The van der Waals surface area contributed by atoms with E-state index in [0.717, 1.165) is 30.9 Å². The van der Waals surface area contributed by atoms with Crippen molar-refractivity contribution in [2.75, 3.05) is 32.7 Å². The second-order valence-corrected chi connectivity index (χ2v) is 11.5. The number of aryl methyl sites for hydroxylation is 3. The number of benzene rings is 1. The zero-order valence-corrected chi connectivity index (χ0v) is 21.7. The van der Waals surface area contributed by atoms with Crippen molar-refractivity contribution in [1.82, 2.24) is 29.2 Å². The Morgan fingerprint density at radius 1 is 0.912 bits per heavy atom. The van der Waals surface area contributed by atoms with Gasteiger partial charge in [0.15, 0.2) is 5.82 Å². The lowest BCUT2D eigenvalue weighted by molar-refractivity contribution is 0.172. The summed E-state index contributed by atoms with van der Waals surface area (Å²) in [4.78, 5) is 2.59. The fourth-order valence-corrected chi connectivity index (χ4v) is 6.29. The lowest BCUT2D eigenvalue weighted by Gasteiger charge is -2.34. The summed E-state index contributed by atoms with van der Waals surface area (Å²) in [6.07, 6.45) is 0. The highest BCUT2D eigenvalue weighted by Gasteiger charge is 2.33. The molecular formula is C25H34N6O2S. The van der Waals surface area contributed by atoms with Crippen molar-refractivity contribution >= 4 is 10.0 Å². The summed E-state index contributed by atoms with van der Waals surface area (Å²) in [5, 5.41) is 13.3. The second kappa shape index (κ2) is 9.56. The van der Waals surface area contributed by atoms with Crippen LogP contribution in [-0.2, 0) is 10.0 Å². The summed E-state index contributed by atoms with van der Waals surface area (Å²) in [5.41, 5.74) is 5.21. The van der Waals surface area contributed by atoms with Crippen molar-refractivity contribution in [2.45, 2.75) is 46.4 Å². The molecule has 8 nitrogen and oxygen atoms in total. The van der Waals surface area contributed by atoms with Gasteiger partial charge in [-0.2, -0.15) is 9.40 Å². The molecule has 34 heavy (non-hydrogen) atoms. The average Bonchev–Trinajstić information content (AvgIpc) is 3.10. The summed E-state index contributed by atoms with van der Waals surface area (Å²) >= 11 is 0. The minimum absolute atomic E-state index is 0.268. The smallest absolute Gasteiger partial charge is 0.246 e. The van der Waals surface area contributed by atoms with E-state index in [9.17, 15) is 8.42 Å². The highest BCUT2D eigenvalue weighted by atomic mass is 32.2. The molecule has 1 fully saturated rings. The van der Waals surface area contributed by atoms with Crippen LogP contribution in [0.2, 0.25) is 0 Å². The van der Waals surface area contributed by atoms with Gasteiger partial charge in [0.05, 0.1) is 17.1 Å². The van der Waals surface area contributed by atoms with Gasteiger partial charge in [0.25, 0.3) is 0 Å². The molecule has 1 saturated heterocycles. The molecular weight excluding hydrogens is 448 g/mol. The second-order valence-electron chi connectivity index (χ2n) is 9.59. The van der Waals surface area contributed by atoms with E-state index in [1.165, 1.54) is 11.1 Å². The third kappa shape index (κ3) is 4.78. The predicted molar refractivity (Wildman–Crippen MR) is 134 cm³/mol. The molecule has 1 aliphatic heterocycles. The fraction of sp³-hybridized carbons (Fsp3) is 0.480. The first-order valence-electron chi connectivity index (χ1n) is 11.8. The maximum atomic E-state index is 13.5. The lowest BCUT2D eigenvalue weighted by Crippen LogP contribution is -2.49. The van der Waals surface area contributed by atoms with Gasteiger partial charge in [-0.05, 0) is 62.9 Å². The number of hydrogen-bond acceptors (Lipinski definition) is 6. The molecule has 0 radical (unpaired) electrons. The molecule has 0 N–H and O–H groups in total. The zero-order chi connectivity index (χ0) is 24.6. The summed E-state index contributed by atoms with van der Waals surface area (Å²) in [6, 6.07) is 9.92. The Hall–Kier alpha value is -2.62. The minimum Gasteiger partial charge on any atom is -0.300 e. The number of rotatable bonds is 6. The number of hydrogen-bond donors (Lipinski definition) is 0. The van der Waals surface area contributed by atoms with Crippen molar-refractivity contribution in [2.24, 2.45) is 5.92 Å². The van der Waals surface area contributed by atoms with Crippen LogP contribution < -0.4 is 0 Å². The highest BCUT2D eigenvalue weighted by Crippen LogP contribution is 2.27. The molecule has 0 bridgehead atoms. The molecule has 0 spiro atoms. The Morgan fingerprint density at radius 2 is 1.62 bits per heavy atom. The third-order valence-electron chi connectivity index (χ3n) is 6.45. The number of aromatic nitrogens is 4. The molecule has 9 heteroatoms. The van der Waals surface area contributed by atoms with Gasteiger partial charge < -0.3 is 4.90 Å². The molecule has 4 rings (SSSR count). The summed E-state index contributed by atoms with van der Waals surface area (Å²) in [5.74, 6) is 1.06. The monoisotopic (exact) mass is 482 g/mol. The largest absolute Gasteiger partial charge is 0.300 e. The SMILES string of the molecule is Cc1ccc(-c2ccc(-n3nc(C)c(S(=O)(=O)N4CCN(CC(C)C)CC4)c3C)nn2)cc1C. The van der Waals surface area contributed by atoms with Gasteiger partial charge in [-0.3, -0.25) is 0 Å². The van der Waals surface area contributed by atoms with Gasteiger partial charge in [0, 0.05) is 38.3 Å². The van der Waals surface area contributed by atoms with E-state index in [2.05, 4.69) is 60.0 Å². The summed E-state index contributed by atoms with van der Waals surface area (Å²) < 4.78 is 30.2. The van der Waals surface area contributed by atoms with E-state index in [-0.39, 0.29) is 4.90 Å². The lowest BCUT2D eigenvalue weighted by atomic mass is 10.0. The normalized spacial score (nSPS) is 15.9. The number of nitrogens with zero attached hydrogens (tertiary/aromatic N) is 6. The Labute approximate surface area is 202 Å². The van der Waals surface area contributed by atoms with Gasteiger partial charge in [-0.1, -0.05) is 26.0 Å². The van der Waals surface area contributed by atoms with E-state index in [1.807, 2.05) is 18.2 Å². The molecule has 3 heterocycles. The van der Waals surface area contributed by atoms with Crippen molar-refractivity contribution in [3.63, 3.8) is 0 Å². The number of piperazine rings is 1. The van der Waals surface area contributed by atoms with E-state index in [1.54, 1.807) is 22.8 Å². The van der Waals surface area contributed by atoms with Gasteiger partial charge in [-0.25, -0.2) is 13.1 Å². The molecule has 1 aliphatic rings. The van der Waals surface area contributed by atoms with Crippen LogP contribution in [0.3, 0.4) is 0 Å². The van der Waals surface area contributed by atoms with Crippen LogP contribution in [0.25, 0.3) is 17.1 Å². The Bertz CT molecular complexity index is 1270. The summed E-state index contributed by atoms with van der Waals surface area (Å²) in [6.45, 7) is 15.5. The standard InChI is InChI=1S/C25H34N6O2S/c1-17(2)16-29-11-13-30(14-12-29)34(32,33)25-20(5)28-31(21(25)6)24-10-9-23(26-27-24)22-8-7-18(3)19(4)15-22/h7-10,15,17H,11-14,16H2,1-6H3. The molecule has 0 unspecified atom stereocenters. The predicted octanol–water partition coefficient (Wildman–Crippen LogP) is 3.53. The Morgan fingerprint density at radius 3 is 2.21 bits per heavy atom. The van der Waals surface area contributed by atoms with Crippen LogP contribution in [-0.4, -0.2) is 70.3 Å². The van der Waals surface area contributed by atoms with Crippen molar-refractivity contribution in [3.05, 3.63) is 52.8 Å². The topological polar surface area (TPSA) is 84.2 Å². The van der Waals surface area contributed by atoms with Gasteiger partial charge in [0.1, 0.15) is 4.90 Å². The first-order valence-corrected chi connectivity index (χ1v) is 13.2. The Kier molecular flexibility index (Phi) is 6.89. The summed E-state index contributed by atoms with van der Waals surface area (Å²) in [7, 11) is -3.65. The van der Waals surface area contributed by atoms with Crippen LogP contribution >= 0.6 is 0 Å². The molecule has 1 aromatic carbocycles. The minimum atomic E-state index is -3.65. The highest BCUT2D eigenvalue weighted by molar-refractivity contribution is 7.89. The molecule has 0 aliphatic carbocycles.